The lowest BCUT2D eigenvalue weighted by Gasteiger charge is -2.29. The summed E-state index contributed by atoms with van der Waals surface area (Å²) in [4.78, 5) is 12.6. The normalized spacial score (nSPS) is 25.3. The number of halogens is 1. The Hall–Kier alpha value is -0.280. The number of nitrogens with zero attached hydrogens (tertiary/aromatic N) is 1. The van der Waals surface area contributed by atoms with E-state index in [-0.39, 0.29) is 17.9 Å². The number of aliphatic hydroxyl groups is 1. The van der Waals surface area contributed by atoms with Crippen LogP contribution in [0.3, 0.4) is 0 Å². The molecule has 1 heterocycles. The topological polar surface area (TPSA) is 40.5 Å². The SMILES string of the molecule is O=C(CCl)N1CCCC(O)C1. The maximum absolute atomic E-state index is 11.0. The lowest BCUT2D eigenvalue weighted by molar-refractivity contribution is -0.131. The second kappa shape index (κ2) is 3.93. The van der Waals surface area contributed by atoms with Crippen molar-refractivity contribution in [3.8, 4) is 0 Å². The molecular weight excluding hydrogens is 166 g/mol. The molecule has 1 fully saturated rings. The molecule has 0 radical (unpaired) electrons. The van der Waals surface area contributed by atoms with Gasteiger partial charge in [-0.15, -0.1) is 11.6 Å². The van der Waals surface area contributed by atoms with E-state index >= 15 is 0 Å². The number of rotatable bonds is 1. The molecular formula is C7H12ClNO2. The summed E-state index contributed by atoms with van der Waals surface area (Å²) in [6, 6.07) is 0. The smallest absolute Gasteiger partial charge is 0.237 e. The Labute approximate surface area is 70.9 Å². The monoisotopic (exact) mass is 177 g/mol. The number of likely N-dealkylation sites (tertiary alicyclic amines) is 1. The molecule has 0 aromatic rings. The zero-order chi connectivity index (χ0) is 8.27. The Morgan fingerprint density at radius 2 is 2.45 bits per heavy atom. The van der Waals surface area contributed by atoms with Gasteiger partial charge in [-0.25, -0.2) is 0 Å². The molecule has 0 spiro atoms. The van der Waals surface area contributed by atoms with Gasteiger partial charge >= 0.3 is 0 Å². The largest absolute Gasteiger partial charge is 0.391 e. The standard InChI is InChI=1S/C7H12ClNO2/c8-4-7(11)9-3-1-2-6(10)5-9/h6,10H,1-5H2. The minimum Gasteiger partial charge on any atom is -0.391 e. The van der Waals surface area contributed by atoms with Gasteiger partial charge in [-0.3, -0.25) is 4.79 Å². The van der Waals surface area contributed by atoms with Crippen LogP contribution in [-0.4, -0.2) is 41.0 Å². The Bertz CT molecular complexity index is 151. The van der Waals surface area contributed by atoms with Crippen LogP contribution in [0.5, 0.6) is 0 Å². The fourth-order valence-electron chi connectivity index (χ4n) is 1.27. The molecule has 1 aliphatic heterocycles. The number of amides is 1. The van der Waals surface area contributed by atoms with E-state index in [1.165, 1.54) is 0 Å². The van der Waals surface area contributed by atoms with Crippen LogP contribution in [0.4, 0.5) is 0 Å². The number of hydrogen-bond acceptors (Lipinski definition) is 2. The van der Waals surface area contributed by atoms with Gasteiger partial charge in [-0.1, -0.05) is 0 Å². The Balaban J connectivity index is 2.39. The van der Waals surface area contributed by atoms with Crippen molar-refractivity contribution in [1.82, 2.24) is 4.90 Å². The van der Waals surface area contributed by atoms with Gasteiger partial charge in [-0.05, 0) is 12.8 Å². The quantitative estimate of drug-likeness (QED) is 0.582. The van der Waals surface area contributed by atoms with Crippen LogP contribution in [0.2, 0.25) is 0 Å². The average molecular weight is 178 g/mol. The van der Waals surface area contributed by atoms with Gasteiger partial charge in [0.05, 0.1) is 6.10 Å². The van der Waals surface area contributed by atoms with E-state index in [0.717, 1.165) is 19.4 Å². The number of carbonyl (C=O) groups excluding carboxylic acids is 1. The maximum atomic E-state index is 11.0. The van der Waals surface area contributed by atoms with E-state index in [2.05, 4.69) is 0 Å². The highest BCUT2D eigenvalue weighted by Gasteiger charge is 2.20. The first-order chi connectivity index (χ1) is 5.24. The predicted molar refractivity (Wildman–Crippen MR) is 42.5 cm³/mol. The zero-order valence-corrected chi connectivity index (χ0v) is 7.05. The molecule has 0 aromatic heterocycles. The summed E-state index contributed by atoms with van der Waals surface area (Å²) in [5.41, 5.74) is 0. The van der Waals surface area contributed by atoms with Gasteiger partial charge in [0.2, 0.25) is 5.91 Å². The highest BCUT2D eigenvalue weighted by atomic mass is 35.5. The van der Waals surface area contributed by atoms with Crippen LogP contribution in [-0.2, 0) is 4.79 Å². The molecule has 0 bridgehead atoms. The van der Waals surface area contributed by atoms with Gasteiger partial charge in [0.1, 0.15) is 5.88 Å². The molecule has 0 aromatic carbocycles. The summed E-state index contributed by atoms with van der Waals surface area (Å²) in [6.07, 6.45) is 1.33. The van der Waals surface area contributed by atoms with Crippen molar-refractivity contribution in [3.05, 3.63) is 0 Å². The third kappa shape index (κ3) is 2.34. The molecule has 1 aliphatic rings. The van der Waals surface area contributed by atoms with E-state index in [1.54, 1.807) is 4.90 Å². The zero-order valence-electron chi connectivity index (χ0n) is 6.29. The second-order valence-electron chi connectivity index (χ2n) is 2.77. The van der Waals surface area contributed by atoms with Crippen molar-refractivity contribution in [3.63, 3.8) is 0 Å². The number of carbonyl (C=O) groups is 1. The van der Waals surface area contributed by atoms with Crippen LogP contribution in [0.1, 0.15) is 12.8 Å². The van der Waals surface area contributed by atoms with Crippen molar-refractivity contribution >= 4 is 17.5 Å². The Morgan fingerprint density at radius 3 is 3.00 bits per heavy atom. The van der Waals surface area contributed by atoms with E-state index in [4.69, 9.17) is 11.6 Å². The molecule has 11 heavy (non-hydrogen) atoms. The van der Waals surface area contributed by atoms with E-state index in [0.29, 0.717) is 6.54 Å². The summed E-state index contributed by atoms with van der Waals surface area (Å²) in [6.45, 7) is 1.19. The molecule has 1 saturated heterocycles. The molecule has 1 atom stereocenters. The van der Waals surface area contributed by atoms with Gasteiger partial charge in [0.15, 0.2) is 0 Å². The van der Waals surface area contributed by atoms with Crippen LogP contribution in [0, 0.1) is 0 Å². The molecule has 1 rings (SSSR count). The molecule has 1 N–H and O–H groups in total. The predicted octanol–water partition coefficient (Wildman–Crippen LogP) is 0.208. The summed E-state index contributed by atoms with van der Waals surface area (Å²) >= 11 is 5.36. The second-order valence-corrected chi connectivity index (χ2v) is 3.04. The highest BCUT2D eigenvalue weighted by Crippen LogP contribution is 2.09. The molecule has 3 nitrogen and oxygen atoms in total. The van der Waals surface area contributed by atoms with Gasteiger partial charge in [0.25, 0.3) is 0 Å². The summed E-state index contributed by atoms with van der Waals surface area (Å²) in [7, 11) is 0. The number of β-amino-alcohol motifs (C(OH)–C–C–N with tert-alkyl or cyclic N) is 1. The third-order valence-electron chi connectivity index (χ3n) is 1.86. The van der Waals surface area contributed by atoms with E-state index in [9.17, 15) is 9.90 Å². The Kier molecular flexibility index (Phi) is 3.15. The summed E-state index contributed by atoms with van der Waals surface area (Å²) < 4.78 is 0. The van der Waals surface area contributed by atoms with Crippen LogP contribution in [0.15, 0.2) is 0 Å². The van der Waals surface area contributed by atoms with E-state index in [1.807, 2.05) is 0 Å². The Morgan fingerprint density at radius 1 is 1.73 bits per heavy atom. The van der Waals surface area contributed by atoms with Gasteiger partial charge < -0.3 is 10.0 Å². The van der Waals surface area contributed by atoms with Crippen LogP contribution < -0.4 is 0 Å². The molecule has 1 amide bonds. The summed E-state index contributed by atoms with van der Waals surface area (Å²) in [5, 5.41) is 9.19. The first-order valence-electron chi connectivity index (χ1n) is 3.76. The minimum atomic E-state index is -0.351. The molecule has 1 unspecified atom stereocenters. The highest BCUT2D eigenvalue weighted by molar-refractivity contribution is 6.27. The number of aliphatic hydroxyl groups excluding tert-OH is 1. The minimum absolute atomic E-state index is 0.0206. The van der Waals surface area contributed by atoms with Gasteiger partial charge in [0, 0.05) is 13.1 Å². The average Bonchev–Trinajstić information content (AvgIpc) is 2.03. The van der Waals surface area contributed by atoms with Crippen molar-refractivity contribution in [2.75, 3.05) is 19.0 Å². The fourth-order valence-corrected chi connectivity index (χ4v) is 1.43. The lowest BCUT2D eigenvalue weighted by Crippen LogP contribution is -2.42. The van der Waals surface area contributed by atoms with E-state index < -0.39 is 0 Å². The van der Waals surface area contributed by atoms with Crippen molar-refractivity contribution < 1.29 is 9.90 Å². The first kappa shape index (κ1) is 8.81. The number of piperidine rings is 1. The molecule has 4 heteroatoms. The van der Waals surface area contributed by atoms with Crippen molar-refractivity contribution in [2.24, 2.45) is 0 Å². The number of alkyl halides is 1. The molecule has 64 valence electrons. The van der Waals surface area contributed by atoms with Crippen LogP contribution >= 0.6 is 11.6 Å². The fraction of sp³-hybridized carbons (Fsp3) is 0.857. The van der Waals surface area contributed by atoms with Gasteiger partial charge in [-0.2, -0.15) is 0 Å². The first-order valence-corrected chi connectivity index (χ1v) is 4.29. The lowest BCUT2D eigenvalue weighted by atomic mass is 10.1. The maximum Gasteiger partial charge on any atom is 0.237 e. The van der Waals surface area contributed by atoms with Crippen molar-refractivity contribution in [2.45, 2.75) is 18.9 Å². The van der Waals surface area contributed by atoms with Crippen LogP contribution in [0.25, 0.3) is 0 Å². The molecule has 0 saturated carbocycles. The molecule has 0 aliphatic carbocycles. The summed E-state index contributed by atoms with van der Waals surface area (Å²) in [5.74, 6) is -0.0578. The number of hydrogen-bond donors (Lipinski definition) is 1. The third-order valence-corrected chi connectivity index (χ3v) is 2.09. The van der Waals surface area contributed by atoms with Crippen molar-refractivity contribution in [1.29, 1.82) is 0 Å².